The molecule has 1 N–H and O–H groups in total. The van der Waals surface area contributed by atoms with Crippen molar-refractivity contribution < 1.29 is 9.53 Å². The topological polar surface area (TPSA) is 67.4 Å². The number of nitrogens with zero attached hydrogens (tertiary/aromatic N) is 3. The van der Waals surface area contributed by atoms with E-state index in [2.05, 4.69) is 15.3 Å². The fourth-order valence-electron chi connectivity index (χ4n) is 4.37. The van der Waals surface area contributed by atoms with Crippen LogP contribution < -0.4 is 5.32 Å². The first kappa shape index (κ1) is 19.2. The Labute approximate surface area is 170 Å². The zero-order chi connectivity index (χ0) is 19.6. The van der Waals surface area contributed by atoms with Crippen LogP contribution in [0.3, 0.4) is 0 Å². The maximum absolute atomic E-state index is 13.9. The summed E-state index contributed by atoms with van der Waals surface area (Å²) in [5, 5.41) is 3.71. The number of carbonyl (C=O) groups excluding carboxylic acids is 1. The molecule has 1 amide bonds. The van der Waals surface area contributed by atoms with Crippen LogP contribution in [0, 0.1) is 0 Å². The maximum atomic E-state index is 13.9. The summed E-state index contributed by atoms with van der Waals surface area (Å²) in [5.74, 6) is 0.882. The summed E-state index contributed by atoms with van der Waals surface area (Å²) in [4.78, 5) is 24.9. The van der Waals surface area contributed by atoms with Crippen LogP contribution >= 0.6 is 11.6 Å². The fourth-order valence-corrected chi connectivity index (χ4v) is 4.50. The number of ether oxygens (including phenoxy) is 1. The number of halogens is 1. The molecular formula is C21H25ClN4O2. The molecule has 1 aromatic heterocycles. The molecule has 0 radical (unpaired) electrons. The summed E-state index contributed by atoms with van der Waals surface area (Å²) in [6.07, 6.45) is 6.70. The lowest BCUT2D eigenvalue weighted by Gasteiger charge is -2.40. The van der Waals surface area contributed by atoms with Gasteiger partial charge in [-0.2, -0.15) is 0 Å². The zero-order valence-electron chi connectivity index (χ0n) is 16.0. The van der Waals surface area contributed by atoms with Gasteiger partial charge in [0.1, 0.15) is 5.82 Å². The molecule has 0 spiro atoms. The Morgan fingerprint density at radius 3 is 2.71 bits per heavy atom. The summed E-state index contributed by atoms with van der Waals surface area (Å²) < 4.78 is 5.60. The Hall–Kier alpha value is -2.18. The van der Waals surface area contributed by atoms with Crippen molar-refractivity contribution in [2.24, 2.45) is 0 Å². The minimum Gasteiger partial charge on any atom is -0.381 e. The quantitative estimate of drug-likeness (QED) is 0.849. The minimum atomic E-state index is -0.570. The van der Waals surface area contributed by atoms with E-state index in [0.717, 1.165) is 36.5 Å². The summed E-state index contributed by atoms with van der Waals surface area (Å²) in [6, 6.07) is 7.66. The molecule has 1 atom stereocenters. The van der Waals surface area contributed by atoms with Gasteiger partial charge in [0.15, 0.2) is 0 Å². The Kier molecular flexibility index (Phi) is 5.51. The lowest BCUT2D eigenvalue weighted by molar-refractivity contribution is -0.142. The van der Waals surface area contributed by atoms with E-state index in [9.17, 15) is 4.79 Å². The number of hydrogen-bond donors (Lipinski definition) is 1. The Balaban J connectivity index is 1.68. The summed E-state index contributed by atoms with van der Waals surface area (Å²) >= 11 is 6.09. The first-order valence-corrected chi connectivity index (χ1v) is 10.2. The van der Waals surface area contributed by atoms with E-state index in [4.69, 9.17) is 16.3 Å². The Morgan fingerprint density at radius 2 is 2.00 bits per heavy atom. The second kappa shape index (κ2) is 8.05. The number of hydrogen-bond acceptors (Lipinski definition) is 5. The van der Waals surface area contributed by atoms with Crippen molar-refractivity contribution in [2.45, 2.75) is 37.1 Å². The van der Waals surface area contributed by atoms with E-state index < -0.39 is 5.41 Å². The van der Waals surface area contributed by atoms with E-state index in [1.54, 1.807) is 12.4 Å². The SMILES string of the molecule is CNc1cncc([C@@H]2CCCN2C(=O)C2(c3ccc(Cl)cc3)CCOCC2)n1. The van der Waals surface area contributed by atoms with Crippen LogP contribution in [0.4, 0.5) is 5.82 Å². The van der Waals surface area contributed by atoms with Crippen LogP contribution in [0.15, 0.2) is 36.7 Å². The van der Waals surface area contributed by atoms with Gasteiger partial charge in [-0.3, -0.25) is 9.78 Å². The van der Waals surface area contributed by atoms with Crippen molar-refractivity contribution in [3.05, 3.63) is 52.9 Å². The highest BCUT2D eigenvalue weighted by molar-refractivity contribution is 6.30. The van der Waals surface area contributed by atoms with Crippen molar-refractivity contribution in [2.75, 3.05) is 32.1 Å². The van der Waals surface area contributed by atoms with Crippen molar-refractivity contribution in [1.29, 1.82) is 0 Å². The average molecular weight is 401 g/mol. The van der Waals surface area contributed by atoms with E-state index in [1.807, 2.05) is 36.2 Å². The van der Waals surface area contributed by atoms with E-state index in [0.29, 0.717) is 31.1 Å². The number of likely N-dealkylation sites (tertiary alicyclic amines) is 1. The highest BCUT2D eigenvalue weighted by atomic mass is 35.5. The predicted molar refractivity (Wildman–Crippen MR) is 108 cm³/mol. The maximum Gasteiger partial charge on any atom is 0.233 e. The van der Waals surface area contributed by atoms with E-state index >= 15 is 0 Å². The third-order valence-corrected chi connectivity index (χ3v) is 6.17. The van der Waals surface area contributed by atoms with Crippen LogP contribution in [0.1, 0.15) is 43.0 Å². The molecule has 7 heteroatoms. The number of carbonyl (C=O) groups is 1. The van der Waals surface area contributed by atoms with Gasteiger partial charge in [0.25, 0.3) is 0 Å². The third-order valence-electron chi connectivity index (χ3n) is 5.92. The normalized spacial score (nSPS) is 21.5. The molecule has 0 bridgehead atoms. The van der Waals surface area contributed by atoms with Gasteiger partial charge in [-0.05, 0) is 43.4 Å². The van der Waals surface area contributed by atoms with Crippen LogP contribution in [0.5, 0.6) is 0 Å². The fraction of sp³-hybridized carbons (Fsp3) is 0.476. The first-order valence-electron chi connectivity index (χ1n) is 9.78. The molecule has 148 valence electrons. The van der Waals surface area contributed by atoms with Crippen molar-refractivity contribution in [3.63, 3.8) is 0 Å². The van der Waals surface area contributed by atoms with Crippen LogP contribution in [-0.4, -0.2) is 47.6 Å². The van der Waals surface area contributed by atoms with Crippen LogP contribution in [-0.2, 0) is 14.9 Å². The van der Waals surface area contributed by atoms with Gasteiger partial charge in [-0.1, -0.05) is 23.7 Å². The van der Waals surface area contributed by atoms with Gasteiger partial charge in [0, 0.05) is 31.8 Å². The molecule has 0 unspecified atom stereocenters. The molecule has 0 aliphatic carbocycles. The van der Waals surface area contributed by atoms with Crippen LogP contribution in [0.25, 0.3) is 0 Å². The molecule has 28 heavy (non-hydrogen) atoms. The molecule has 2 saturated heterocycles. The van der Waals surface area contributed by atoms with Gasteiger partial charge >= 0.3 is 0 Å². The van der Waals surface area contributed by atoms with Crippen molar-refractivity contribution in [3.8, 4) is 0 Å². The highest BCUT2D eigenvalue weighted by Crippen LogP contribution is 2.41. The predicted octanol–water partition coefficient (Wildman–Crippen LogP) is 3.58. The molecule has 2 aliphatic heterocycles. The van der Waals surface area contributed by atoms with Gasteiger partial charge in [0.05, 0.1) is 29.5 Å². The van der Waals surface area contributed by atoms with Gasteiger partial charge in [-0.25, -0.2) is 4.98 Å². The lowest BCUT2D eigenvalue weighted by Crippen LogP contribution is -2.49. The second-order valence-corrected chi connectivity index (χ2v) is 7.87. The number of aromatic nitrogens is 2. The monoisotopic (exact) mass is 400 g/mol. The lowest BCUT2D eigenvalue weighted by atomic mass is 9.73. The number of rotatable bonds is 4. The standard InChI is InChI=1S/C21H25ClN4O2/c1-23-19-14-24-13-17(25-19)18-3-2-10-26(18)20(27)21(8-11-28-12-9-21)15-4-6-16(22)7-5-15/h4-7,13-14,18H,2-3,8-12H2,1H3,(H,23,25)/t18-/m0/s1. The van der Waals surface area contributed by atoms with Gasteiger partial charge < -0.3 is 15.0 Å². The van der Waals surface area contributed by atoms with Gasteiger partial charge in [0.2, 0.25) is 5.91 Å². The average Bonchev–Trinajstić information content (AvgIpc) is 3.24. The Morgan fingerprint density at radius 1 is 1.25 bits per heavy atom. The summed E-state index contributed by atoms with van der Waals surface area (Å²) in [5.41, 5.74) is 1.29. The number of benzene rings is 1. The van der Waals surface area contributed by atoms with Crippen molar-refractivity contribution >= 4 is 23.3 Å². The van der Waals surface area contributed by atoms with E-state index in [-0.39, 0.29) is 11.9 Å². The molecule has 1 aromatic carbocycles. The highest BCUT2D eigenvalue weighted by Gasteiger charge is 2.47. The van der Waals surface area contributed by atoms with Crippen molar-refractivity contribution in [1.82, 2.24) is 14.9 Å². The molecule has 2 aliphatic rings. The molecular weight excluding hydrogens is 376 g/mol. The van der Waals surface area contributed by atoms with E-state index in [1.165, 1.54) is 0 Å². The molecule has 3 heterocycles. The number of anilines is 1. The molecule has 2 fully saturated rings. The zero-order valence-corrected chi connectivity index (χ0v) is 16.8. The largest absolute Gasteiger partial charge is 0.381 e. The minimum absolute atomic E-state index is 0.0414. The molecule has 2 aromatic rings. The molecule has 6 nitrogen and oxygen atoms in total. The third kappa shape index (κ3) is 3.47. The summed E-state index contributed by atoms with van der Waals surface area (Å²) in [7, 11) is 1.82. The Bertz CT molecular complexity index is 837. The summed E-state index contributed by atoms with van der Waals surface area (Å²) in [6.45, 7) is 1.91. The molecule has 4 rings (SSSR count). The number of amides is 1. The van der Waals surface area contributed by atoms with Gasteiger partial charge in [-0.15, -0.1) is 0 Å². The second-order valence-electron chi connectivity index (χ2n) is 7.44. The van der Waals surface area contributed by atoms with Crippen LogP contribution in [0.2, 0.25) is 5.02 Å². The number of nitrogens with one attached hydrogen (secondary N) is 1. The molecule has 0 saturated carbocycles. The first-order chi connectivity index (χ1) is 13.6. The smallest absolute Gasteiger partial charge is 0.233 e.